The molecule has 144 valence electrons. The molecule has 1 saturated heterocycles. The van der Waals surface area contributed by atoms with Crippen LogP contribution < -0.4 is 4.74 Å². The summed E-state index contributed by atoms with van der Waals surface area (Å²) in [5, 5.41) is 0.723. The summed E-state index contributed by atoms with van der Waals surface area (Å²) in [7, 11) is 1.70. The Labute approximate surface area is 171 Å². The van der Waals surface area contributed by atoms with Crippen LogP contribution in [0.15, 0.2) is 60.8 Å². The van der Waals surface area contributed by atoms with Crippen molar-refractivity contribution in [1.82, 2.24) is 9.88 Å². The minimum Gasteiger partial charge on any atom is -0.496 e. The number of aromatic nitrogens is 1. The molecular formula is C24H25ClN2O. The molecule has 0 radical (unpaired) electrons. The largest absolute Gasteiger partial charge is 0.496 e. The molecule has 1 aliphatic rings. The van der Waals surface area contributed by atoms with Crippen molar-refractivity contribution in [2.45, 2.75) is 25.8 Å². The number of halogens is 1. The Morgan fingerprint density at radius 2 is 1.89 bits per heavy atom. The van der Waals surface area contributed by atoms with Gasteiger partial charge in [-0.1, -0.05) is 35.9 Å². The van der Waals surface area contributed by atoms with Crippen LogP contribution in [0.3, 0.4) is 0 Å². The van der Waals surface area contributed by atoms with E-state index in [0.29, 0.717) is 6.04 Å². The van der Waals surface area contributed by atoms with Crippen molar-refractivity contribution in [3.05, 3.63) is 82.6 Å². The molecule has 1 unspecified atom stereocenters. The van der Waals surface area contributed by atoms with Crippen LogP contribution in [0.1, 0.15) is 36.2 Å². The molecule has 28 heavy (non-hydrogen) atoms. The number of methoxy groups -OCH3 is 1. The lowest BCUT2D eigenvalue weighted by Crippen LogP contribution is -2.39. The van der Waals surface area contributed by atoms with Gasteiger partial charge in [-0.05, 0) is 66.8 Å². The summed E-state index contributed by atoms with van der Waals surface area (Å²) in [5.41, 5.74) is 5.70. The lowest BCUT2D eigenvalue weighted by molar-refractivity contribution is 0.126. The predicted octanol–water partition coefficient (Wildman–Crippen LogP) is 5.77. The lowest BCUT2D eigenvalue weighted by atomic mass is 9.98. The second kappa shape index (κ2) is 8.34. The minimum absolute atomic E-state index is 0.401. The Kier molecular flexibility index (Phi) is 5.65. The summed E-state index contributed by atoms with van der Waals surface area (Å²) in [4.78, 5) is 7.18. The van der Waals surface area contributed by atoms with Crippen LogP contribution >= 0.6 is 11.6 Å². The summed E-state index contributed by atoms with van der Waals surface area (Å²) in [5.74, 6) is 0.850. The first-order valence-corrected chi connectivity index (χ1v) is 10.1. The van der Waals surface area contributed by atoms with Gasteiger partial charge in [0.1, 0.15) is 5.75 Å². The summed E-state index contributed by atoms with van der Waals surface area (Å²) < 4.78 is 5.57. The van der Waals surface area contributed by atoms with Gasteiger partial charge in [0.25, 0.3) is 0 Å². The standard InChI is InChI=1S/C24H25ClN2O/c1-17(27-11-4-12-27)23-9-7-19(16-26-23)13-18-8-10-24(28-2)22(14-18)20-5-3-6-21(25)15-20/h3,5-10,14-17H,4,11-13H2,1-2H3. The predicted molar refractivity (Wildman–Crippen MR) is 115 cm³/mol. The van der Waals surface area contributed by atoms with Gasteiger partial charge in [-0.25, -0.2) is 0 Å². The zero-order valence-corrected chi connectivity index (χ0v) is 17.1. The number of ether oxygens (including phenoxy) is 1. The summed E-state index contributed by atoms with van der Waals surface area (Å²) in [6.45, 7) is 4.60. The summed E-state index contributed by atoms with van der Waals surface area (Å²) >= 11 is 6.18. The molecule has 2 aromatic carbocycles. The Bertz CT molecular complexity index is 951. The van der Waals surface area contributed by atoms with Crippen molar-refractivity contribution in [2.24, 2.45) is 0 Å². The van der Waals surface area contributed by atoms with Crippen molar-refractivity contribution < 1.29 is 4.74 Å². The fourth-order valence-electron chi connectivity index (χ4n) is 3.69. The number of nitrogens with zero attached hydrogens (tertiary/aromatic N) is 2. The Balaban J connectivity index is 1.55. The molecule has 0 aliphatic carbocycles. The van der Waals surface area contributed by atoms with Crippen LogP contribution in [0.25, 0.3) is 11.1 Å². The Hall–Kier alpha value is -2.36. The van der Waals surface area contributed by atoms with Crippen molar-refractivity contribution in [3.63, 3.8) is 0 Å². The van der Waals surface area contributed by atoms with Crippen molar-refractivity contribution in [1.29, 1.82) is 0 Å². The van der Waals surface area contributed by atoms with Crippen LogP contribution in [-0.2, 0) is 6.42 Å². The molecule has 3 nitrogen and oxygen atoms in total. The van der Waals surface area contributed by atoms with Gasteiger partial charge in [0.2, 0.25) is 0 Å². The molecule has 0 saturated carbocycles. The fraction of sp³-hybridized carbons (Fsp3) is 0.292. The van der Waals surface area contributed by atoms with E-state index in [1.807, 2.05) is 30.5 Å². The van der Waals surface area contributed by atoms with Crippen LogP contribution in [-0.4, -0.2) is 30.1 Å². The molecule has 1 aromatic heterocycles. The maximum Gasteiger partial charge on any atom is 0.126 e. The number of likely N-dealkylation sites (tertiary alicyclic amines) is 1. The van der Waals surface area contributed by atoms with Gasteiger partial charge in [-0.3, -0.25) is 9.88 Å². The van der Waals surface area contributed by atoms with E-state index >= 15 is 0 Å². The van der Waals surface area contributed by atoms with Gasteiger partial charge in [-0.2, -0.15) is 0 Å². The molecule has 0 N–H and O–H groups in total. The number of benzene rings is 2. The van der Waals surface area contributed by atoms with Crippen molar-refractivity contribution >= 4 is 11.6 Å². The van der Waals surface area contributed by atoms with E-state index in [9.17, 15) is 0 Å². The average Bonchev–Trinajstić information content (AvgIpc) is 2.67. The number of hydrogen-bond acceptors (Lipinski definition) is 3. The third kappa shape index (κ3) is 4.06. The number of rotatable bonds is 6. The van der Waals surface area contributed by atoms with Gasteiger partial charge in [-0.15, -0.1) is 0 Å². The highest BCUT2D eigenvalue weighted by molar-refractivity contribution is 6.30. The maximum atomic E-state index is 6.18. The van der Waals surface area contributed by atoms with Crippen molar-refractivity contribution in [3.8, 4) is 16.9 Å². The van der Waals surface area contributed by atoms with Crippen LogP contribution in [0.5, 0.6) is 5.75 Å². The Morgan fingerprint density at radius 1 is 1.07 bits per heavy atom. The highest BCUT2D eigenvalue weighted by Crippen LogP contribution is 2.33. The normalized spacial score (nSPS) is 15.1. The first-order chi connectivity index (χ1) is 13.6. The van der Waals surface area contributed by atoms with E-state index in [4.69, 9.17) is 21.3 Å². The second-order valence-corrected chi connectivity index (χ2v) is 7.82. The molecule has 0 bridgehead atoms. The van der Waals surface area contributed by atoms with Gasteiger partial charge in [0.05, 0.1) is 12.8 Å². The quantitative estimate of drug-likeness (QED) is 0.532. The monoisotopic (exact) mass is 392 g/mol. The minimum atomic E-state index is 0.401. The van der Waals surface area contributed by atoms with E-state index in [1.165, 1.54) is 30.6 Å². The van der Waals surface area contributed by atoms with E-state index in [1.54, 1.807) is 7.11 Å². The summed E-state index contributed by atoms with van der Waals surface area (Å²) in [6.07, 6.45) is 4.15. The average molecular weight is 393 g/mol. The molecule has 4 rings (SSSR count). The third-order valence-electron chi connectivity index (χ3n) is 5.52. The molecule has 1 fully saturated rings. The SMILES string of the molecule is COc1ccc(Cc2ccc(C(C)N3CCC3)nc2)cc1-c1cccc(Cl)c1. The van der Waals surface area contributed by atoms with Gasteiger partial charge in [0, 0.05) is 35.9 Å². The first kappa shape index (κ1) is 19.0. The number of hydrogen-bond donors (Lipinski definition) is 0. The molecule has 3 aromatic rings. The zero-order chi connectivity index (χ0) is 19.5. The Morgan fingerprint density at radius 3 is 2.54 bits per heavy atom. The molecule has 0 spiro atoms. The van der Waals surface area contributed by atoms with Gasteiger partial charge in [0.15, 0.2) is 0 Å². The lowest BCUT2D eigenvalue weighted by Gasteiger charge is -2.36. The molecule has 2 heterocycles. The van der Waals surface area contributed by atoms with E-state index in [2.05, 4.69) is 42.2 Å². The highest BCUT2D eigenvalue weighted by atomic mass is 35.5. The zero-order valence-electron chi connectivity index (χ0n) is 16.4. The topological polar surface area (TPSA) is 25.4 Å². The van der Waals surface area contributed by atoms with Crippen LogP contribution in [0.4, 0.5) is 0 Å². The van der Waals surface area contributed by atoms with Crippen molar-refractivity contribution in [2.75, 3.05) is 20.2 Å². The molecule has 1 atom stereocenters. The fourth-order valence-corrected chi connectivity index (χ4v) is 3.88. The number of pyridine rings is 1. The maximum absolute atomic E-state index is 6.18. The second-order valence-electron chi connectivity index (χ2n) is 7.38. The van der Waals surface area contributed by atoms with Crippen LogP contribution in [0, 0.1) is 0 Å². The van der Waals surface area contributed by atoms with Crippen LogP contribution in [0.2, 0.25) is 5.02 Å². The molecule has 0 amide bonds. The van der Waals surface area contributed by atoms with E-state index < -0.39 is 0 Å². The molecule has 4 heteroatoms. The smallest absolute Gasteiger partial charge is 0.126 e. The van der Waals surface area contributed by atoms with Gasteiger partial charge < -0.3 is 4.74 Å². The van der Waals surface area contributed by atoms with E-state index in [-0.39, 0.29) is 0 Å². The van der Waals surface area contributed by atoms with Gasteiger partial charge >= 0.3 is 0 Å². The van der Waals surface area contributed by atoms with E-state index in [0.717, 1.165) is 34.0 Å². The molecule has 1 aliphatic heterocycles. The molecular weight excluding hydrogens is 368 g/mol. The first-order valence-electron chi connectivity index (χ1n) is 9.76. The highest BCUT2D eigenvalue weighted by Gasteiger charge is 2.22. The summed E-state index contributed by atoms with van der Waals surface area (Å²) in [6, 6.07) is 19.0. The third-order valence-corrected chi connectivity index (χ3v) is 5.76.